The Labute approximate surface area is 99.4 Å². The highest BCUT2D eigenvalue weighted by Crippen LogP contribution is 2.19. The van der Waals surface area contributed by atoms with Gasteiger partial charge in [0.15, 0.2) is 11.6 Å². The van der Waals surface area contributed by atoms with E-state index < -0.39 is 11.6 Å². The molecule has 4 heteroatoms. The lowest BCUT2D eigenvalue weighted by molar-refractivity contribution is 0.285. The number of unbranched alkanes of at least 4 members (excludes halogenated alkanes) is 3. The molecule has 0 aromatic heterocycles. The molecule has 0 N–H and O–H groups in total. The predicted molar refractivity (Wildman–Crippen MR) is 61.0 cm³/mol. The molecule has 16 heavy (non-hydrogen) atoms. The zero-order valence-corrected chi connectivity index (χ0v) is 9.77. The number of halogens is 3. The van der Waals surface area contributed by atoms with Crippen LogP contribution in [-0.2, 0) is 0 Å². The molecule has 0 spiro atoms. The Morgan fingerprint density at radius 2 is 1.81 bits per heavy atom. The molecule has 0 heterocycles. The Morgan fingerprint density at radius 1 is 1.06 bits per heavy atom. The first-order chi connectivity index (χ1) is 7.75. The molecule has 1 aromatic carbocycles. The summed E-state index contributed by atoms with van der Waals surface area (Å²) in [5, 5.41) is 0. The number of benzene rings is 1. The molecule has 0 atom stereocenters. The first-order valence-electron chi connectivity index (χ1n) is 5.38. The van der Waals surface area contributed by atoms with Crippen molar-refractivity contribution in [3.05, 3.63) is 29.8 Å². The molecule has 1 aromatic rings. The van der Waals surface area contributed by atoms with Crippen molar-refractivity contribution in [3.63, 3.8) is 0 Å². The van der Waals surface area contributed by atoms with Crippen LogP contribution in [0.2, 0.25) is 0 Å². The van der Waals surface area contributed by atoms with Gasteiger partial charge >= 0.3 is 0 Å². The molecule has 90 valence electrons. The third-order valence-electron chi connectivity index (χ3n) is 2.20. The molecule has 0 fully saturated rings. The lowest BCUT2D eigenvalue weighted by atomic mass is 10.2. The van der Waals surface area contributed by atoms with Gasteiger partial charge in [-0.2, -0.15) is 4.39 Å². The van der Waals surface area contributed by atoms with Crippen LogP contribution in [0.15, 0.2) is 18.2 Å². The Hall–Kier alpha value is -0.830. The van der Waals surface area contributed by atoms with Gasteiger partial charge in [-0.1, -0.05) is 18.9 Å². The van der Waals surface area contributed by atoms with Crippen molar-refractivity contribution < 1.29 is 13.5 Å². The molecule has 0 aliphatic heterocycles. The van der Waals surface area contributed by atoms with Gasteiger partial charge in [0.1, 0.15) is 0 Å². The normalized spacial score (nSPS) is 10.4. The van der Waals surface area contributed by atoms with Crippen molar-refractivity contribution in [3.8, 4) is 5.75 Å². The van der Waals surface area contributed by atoms with Crippen molar-refractivity contribution >= 4 is 11.6 Å². The maximum Gasteiger partial charge on any atom is 0.200 e. The number of hydrogen-bond acceptors (Lipinski definition) is 1. The quantitative estimate of drug-likeness (QED) is 0.520. The maximum absolute atomic E-state index is 13.1. The van der Waals surface area contributed by atoms with E-state index >= 15 is 0 Å². The second kappa shape index (κ2) is 7.44. The van der Waals surface area contributed by atoms with E-state index in [4.69, 9.17) is 16.3 Å². The fraction of sp³-hybridized carbons (Fsp3) is 0.500. The molecule has 0 aliphatic rings. The Kier molecular flexibility index (Phi) is 6.16. The van der Waals surface area contributed by atoms with E-state index in [-0.39, 0.29) is 5.75 Å². The third-order valence-corrected chi connectivity index (χ3v) is 2.47. The maximum atomic E-state index is 13.1. The van der Waals surface area contributed by atoms with Crippen LogP contribution in [-0.4, -0.2) is 12.5 Å². The SMILES string of the molecule is Fc1cccc(OCCCCCCCl)c1F. The first-order valence-corrected chi connectivity index (χ1v) is 5.92. The summed E-state index contributed by atoms with van der Waals surface area (Å²) in [6.45, 7) is 0.405. The third kappa shape index (κ3) is 4.35. The van der Waals surface area contributed by atoms with E-state index in [1.54, 1.807) is 0 Å². The summed E-state index contributed by atoms with van der Waals surface area (Å²) in [5.41, 5.74) is 0. The summed E-state index contributed by atoms with van der Waals surface area (Å²) < 4.78 is 31.0. The van der Waals surface area contributed by atoms with Gasteiger partial charge < -0.3 is 4.74 Å². The van der Waals surface area contributed by atoms with Crippen LogP contribution >= 0.6 is 11.6 Å². The van der Waals surface area contributed by atoms with E-state index in [2.05, 4.69) is 0 Å². The zero-order valence-electron chi connectivity index (χ0n) is 9.02. The molecule has 0 unspecified atom stereocenters. The van der Waals surface area contributed by atoms with Crippen molar-refractivity contribution in [2.75, 3.05) is 12.5 Å². The molecule has 0 radical (unpaired) electrons. The van der Waals surface area contributed by atoms with Crippen molar-refractivity contribution in [1.82, 2.24) is 0 Å². The van der Waals surface area contributed by atoms with Crippen molar-refractivity contribution in [2.24, 2.45) is 0 Å². The van der Waals surface area contributed by atoms with Gasteiger partial charge in [-0.15, -0.1) is 11.6 Å². The summed E-state index contributed by atoms with van der Waals surface area (Å²) in [5.74, 6) is -1.14. The second-order valence-corrected chi connectivity index (χ2v) is 3.88. The van der Waals surface area contributed by atoms with Gasteiger partial charge in [0, 0.05) is 5.88 Å². The topological polar surface area (TPSA) is 9.23 Å². The average Bonchev–Trinajstić information content (AvgIpc) is 2.29. The molecule has 0 aliphatic carbocycles. The van der Waals surface area contributed by atoms with Gasteiger partial charge in [-0.3, -0.25) is 0 Å². The Bertz CT molecular complexity index is 318. The van der Waals surface area contributed by atoms with Crippen LogP contribution in [0.5, 0.6) is 5.75 Å². The Balaban J connectivity index is 2.24. The van der Waals surface area contributed by atoms with E-state index in [0.29, 0.717) is 12.5 Å². The molecule has 0 bridgehead atoms. The molecule has 1 rings (SSSR count). The highest BCUT2D eigenvalue weighted by Gasteiger charge is 2.07. The van der Waals surface area contributed by atoms with Crippen LogP contribution in [0, 0.1) is 11.6 Å². The standard InChI is InChI=1S/C12H15ClF2O/c13-8-3-1-2-4-9-16-11-7-5-6-10(14)12(11)15/h5-7H,1-4,8-9H2. The van der Waals surface area contributed by atoms with Crippen LogP contribution in [0.3, 0.4) is 0 Å². The summed E-state index contributed by atoms with van der Waals surface area (Å²) in [6.07, 6.45) is 3.84. The van der Waals surface area contributed by atoms with Crippen LogP contribution in [0.1, 0.15) is 25.7 Å². The number of ether oxygens (including phenoxy) is 1. The van der Waals surface area contributed by atoms with Gasteiger partial charge in [0.25, 0.3) is 0 Å². The van der Waals surface area contributed by atoms with E-state index in [9.17, 15) is 8.78 Å². The minimum atomic E-state index is -0.914. The molecule has 0 saturated carbocycles. The fourth-order valence-electron chi connectivity index (χ4n) is 1.33. The molecular weight excluding hydrogens is 234 g/mol. The fourth-order valence-corrected chi connectivity index (χ4v) is 1.52. The number of hydrogen-bond donors (Lipinski definition) is 0. The van der Waals surface area contributed by atoms with Crippen LogP contribution in [0.25, 0.3) is 0 Å². The highest BCUT2D eigenvalue weighted by molar-refractivity contribution is 6.17. The van der Waals surface area contributed by atoms with Gasteiger partial charge in [-0.25, -0.2) is 4.39 Å². The minimum Gasteiger partial charge on any atom is -0.490 e. The highest BCUT2D eigenvalue weighted by atomic mass is 35.5. The van der Waals surface area contributed by atoms with Gasteiger partial charge in [0.2, 0.25) is 5.82 Å². The monoisotopic (exact) mass is 248 g/mol. The summed E-state index contributed by atoms with van der Waals surface area (Å²) >= 11 is 5.53. The molecule has 0 saturated heterocycles. The van der Waals surface area contributed by atoms with Crippen molar-refractivity contribution in [2.45, 2.75) is 25.7 Å². The Morgan fingerprint density at radius 3 is 2.56 bits per heavy atom. The summed E-state index contributed by atoms with van der Waals surface area (Å²) in [4.78, 5) is 0. The minimum absolute atomic E-state index is 0.0163. The molecule has 0 amide bonds. The summed E-state index contributed by atoms with van der Waals surface area (Å²) in [6, 6.07) is 3.93. The lowest BCUT2D eigenvalue weighted by Gasteiger charge is -2.07. The van der Waals surface area contributed by atoms with E-state index in [1.807, 2.05) is 0 Å². The predicted octanol–water partition coefficient (Wildman–Crippen LogP) is 4.14. The first kappa shape index (κ1) is 13.2. The van der Waals surface area contributed by atoms with Crippen LogP contribution < -0.4 is 4.74 Å². The van der Waals surface area contributed by atoms with Gasteiger partial charge in [0.05, 0.1) is 6.61 Å². The van der Waals surface area contributed by atoms with E-state index in [1.165, 1.54) is 12.1 Å². The molecule has 1 nitrogen and oxygen atoms in total. The second-order valence-electron chi connectivity index (χ2n) is 3.50. The molecular formula is C12H15ClF2O. The zero-order chi connectivity index (χ0) is 11.8. The van der Waals surface area contributed by atoms with Crippen molar-refractivity contribution in [1.29, 1.82) is 0 Å². The average molecular weight is 249 g/mol. The number of alkyl halides is 1. The number of rotatable bonds is 7. The summed E-state index contributed by atoms with van der Waals surface area (Å²) in [7, 11) is 0. The largest absolute Gasteiger partial charge is 0.490 e. The van der Waals surface area contributed by atoms with E-state index in [0.717, 1.165) is 31.7 Å². The smallest absolute Gasteiger partial charge is 0.200 e. The lowest BCUT2D eigenvalue weighted by Crippen LogP contribution is -2.00. The van der Waals surface area contributed by atoms with Gasteiger partial charge in [-0.05, 0) is 25.0 Å². The van der Waals surface area contributed by atoms with Crippen LogP contribution in [0.4, 0.5) is 8.78 Å².